The number of aliphatic hydroxyl groups is 1. The van der Waals surface area contributed by atoms with Gasteiger partial charge in [0.1, 0.15) is 5.60 Å². The second kappa shape index (κ2) is 5.83. The number of fused-ring (bicyclic) bond motifs is 1. The van der Waals surface area contributed by atoms with Crippen LogP contribution in [-0.2, 0) is 11.2 Å². The van der Waals surface area contributed by atoms with Gasteiger partial charge in [0.25, 0.3) is 0 Å². The molecule has 4 heteroatoms. The van der Waals surface area contributed by atoms with Gasteiger partial charge in [0.15, 0.2) is 0 Å². The Morgan fingerprint density at radius 1 is 1.35 bits per heavy atom. The average Bonchev–Trinajstić information content (AvgIpc) is 2.49. The largest absolute Gasteiger partial charge is 0.444 e. The highest BCUT2D eigenvalue weighted by molar-refractivity contribution is 5.85. The Balaban J connectivity index is 2.12. The summed E-state index contributed by atoms with van der Waals surface area (Å²) in [6.07, 6.45) is 2.99. The lowest BCUT2D eigenvalue weighted by molar-refractivity contribution is 0.0636. The SMILES string of the molecule is CC(C)(C)OC(=O)Nc1ccc2c(c1)C(O)CCCC2. The number of carbonyl (C=O) groups is 1. The van der Waals surface area contributed by atoms with E-state index in [0.717, 1.165) is 31.2 Å². The van der Waals surface area contributed by atoms with Crippen molar-refractivity contribution in [2.24, 2.45) is 0 Å². The van der Waals surface area contributed by atoms with E-state index in [1.165, 1.54) is 5.56 Å². The standard InChI is InChI=1S/C16H23NO3/c1-16(2,3)20-15(19)17-12-9-8-11-6-4-5-7-14(18)13(11)10-12/h8-10,14,18H,4-7H2,1-3H3,(H,17,19). The highest BCUT2D eigenvalue weighted by atomic mass is 16.6. The third-order valence-corrected chi connectivity index (χ3v) is 3.32. The topological polar surface area (TPSA) is 58.6 Å². The van der Waals surface area contributed by atoms with Crippen LogP contribution in [0.1, 0.15) is 57.3 Å². The Morgan fingerprint density at radius 3 is 2.80 bits per heavy atom. The molecule has 1 aromatic rings. The number of ether oxygens (including phenoxy) is 1. The molecule has 110 valence electrons. The second-order valence-electron chi connectivity index (χ2n) is 6.30. The van der Waals surface area contributed by atoms with Crippen molar-refractivity contribution in [1.82, 2.24) is 0 Å². The summed E-state index contributed by atoms with van der Waals surface area (Å²) >= 11 is 0. The Labute approximate surface area is 120 Å². The van der Waals surface area contributed by atoms with Crippen molar-refractivity contribution >= 4 is 11.8 Å². The van der Waals surface area contributed by atoms with E-state index in [1.54, 1.807) is 0 Å². The van der Waals surface area contributed by atoms with Gasteiger partial charge in [0.2, 0.25) is 0 Å². The first-order chi connectivity index (χ1) is 9.35. The van der Waals surface area contributed by atoms with Gasteiger partial charge in [-0.2, -0.15) is 0 Å². The molecular weight excluding hydrogens is 254 g/mol. The highest BCUT2D eigenvalue weighted by Crippen LogP contribution is 2.30. The van der Waals surface area contributed by atoms with Crippen molar-refractivity contribution in [3.05, 3.63) is 29.3 Å². The Kier molecular flexibility index (Phi) is 4.33. The predicted molar refractivity (Wildman–Crippen MR) is 78.8 cm³/mol. The van der Waals surface area contributed by atoms with E-state index < -0.39 is 17.8 Å². The molecule has 1 unspecified atom stereocenters. The van der Waals surface area contributed by atoms with E-state index in [-0.39, 0.29) is 0 Å². The van der Waals surface area contributed by atoms with Gasteiger partial charge in [-0.1, -0.05) is 12.5 Å². The molecular formula is C16H23NO3. The van der Waals surface area contributed by atoms with Gasteiger partial charge in [0, 0.05) is 5.69 Å². The Hall–Kier alpha value is -1.55. The lowest BCUT2D eigenvalue weighted by atomic mass is 10.0. The second-order valence-corrected chi connectivity index (χ2v) is 6.30. The molecule has 0 radical (unpaired) electrons. The number of aryl methyl sites for hydroxylation is 1. The van der Waals surface area contributed by atoms with E-state index in [1.807, 2.05) is 39.0 Å². The molecule has 1 aliphatic carbocycles. The van der Waals surface area contributed by atoms with Crippen LogP contribution in [0.25, 0.3) is 0 Å². The number of carbonyl (C=O) groups excluding carboxylic acids is 1. The fraction of sp³-hybridized carbons (Fsp3) is 0.562. The number of anilines is 1. The number of aliphatic hydroxyl groups excluding tert-OH is 1. The number of amides is 1. The molecule has 0 bridgehead atoms. The van der Waals surface area contributed by atoms with Crippen LogP contribution in [0.4, 0.5) is 10.5 Å². The number of hydrogen-bond acceptors (Lipinski definition) is 3. The van der Waals surface area contributed by atoms with Crippen LogP contribution in [0, 0.1) is 0 Å². The molecule has 1 atom stereocenters. The molecule has 2 N–H and O–H groups in total. The lowest BCUT2D eigenvalue weighted by Gasteiger charge is -2.20. The summed E-state index contributed by atoms with van der Waals surface area (Å²) in [6, 6.07) is 5.70. The number of nitrogens with one attached hydrogen (secondary N) is 1. The summed E-state index contributed by atoms with van der Waals surface area (Å²) in [5.74, 6) is 0. The molecule has 0 heterocycles. The molecule has 20 heavy (non-hydrogen) atoms. The van der Waals surface area contributed by atoms with Crippen molar-refractivity contribution in [3.8, 4) is 0 Å². The summed E-state index contributed by atoms with van der Waals surface area (Å²) in [7, 11) is 0. The third-order valence-electron chi connectivity index (χ3n) is 3.32. The monoisotopic (exact) mass is 277 g/mol. The zero-order chi connectivity index (χ0) is 14.8. The summed E-state index contributed by atoms with van der Waals surface area (Å²) in [4.78, 5) is 11.7. The molecule has 1 aromatic carbocycles. The van der Waals surface area contributed by atoms with E-state index in [4.69, 9.17) is 4.74 Å². The normalized spacial score (nSPS) is 18.9. The van der Waals surface area contributed by atoms with Gasteiger partial charge in [-0.25, -0.2) is 4.79 Å². The van der Waals surface area contributed by atoms with Crippen LogP contribution in [0.5, 0.6) is 0 Å². The summed E-state index contributed by atoms with van der Waals surface area (Å²) < 4.78 is 5.22. The first-order valence-corrected chi connectivity index (χ1v) is 7.16. The van der Waals surface area contributed by atoms with Crippen molar-refractivity contribution in [3.63, 3.8) is 0 Å². The Morgan fingerprint density at radius 2 is 2.10 bits per heavy atom. The van der Waals surface area contributed by atoms with Crippen LogP contribution >= 0.6 is 0 Å². The molecule has 1 amide bonds. The first-order valence-electron chi connectivity index (χ1n) is 7.16. The van der Waals surface area contributed by atoms with Gasteiger partial charge in [-0.3, -0.25) is 5.32 Å². The molecule has 2 rings (SSSR count). The first kappa shape index (κ1) is 14.9. The minimum atomic E-state index is -0.519. The zero-order valence-electron chi connectivity index (χ0n) is 12.4. The van der Waals surface area contributed by atoms with Crippen LogP contribution < -0.4 is 5.32 Å². The van der Waals surface area contributed by atoms with E-state index in [2.05, 4.69) is 5.32 Å². The third kappa shape index (κ3) is 3.97. The minimum Gasteiger partial charge on any atom is -0.444 e. The molecule has 1 aliphatic rings. The number of hydrogen-bond donors (Lipinski definition) is 2. The van der Waals surface area contributed by atoms with Crippen LogP contribution in [0.15, 0.2) is 18.2 Å². The van der Waals surface area contributed by atoms with E-state index in [0.29, 0.717) is 5.69 Å². The van der Waals surface area contributed by atoms with E-state index in [9.17, 15) is 9.90 Å². The average molecular weight is 277 g/mol. The van der Waals surface area contributed by atoms with Gasteiger partial charge in [0.05, 0.1) is 6.10 Å². The van der Waals surface area contributed by atoms with E-state index >= 15 is 0 Å². The van der Waals surface area contributed by atoms with Crippen molar-refractivity contribution in [2.75, 3.05) is 5.32 Å². The number of rotatable bonds is 1. The summed E-state index contributed by atoms with van der Waals surface area (Å²) in [6.45, 7) is 5.48. The molecule has 0 aromatic heterocycles. The Bertz CT molecular complexity index is 491. The van der Waals surface area contributed by atoms with Crippen molar-refractivity contribution < 1.29 is 14.6 Å². The number of benzene rings is 1. The quantitative estimate of drug-likeness (QED) is 0.768. The molecule has 0 aliphatic heterocycles. The molecule has 0 spiro atoms. The fourth-order valence-electron chi connectivity index (χ4n) is 2.44. The molecule has 0 fully saturated rings. The molecule has 0 saturated heterocycles. The smallest absolute Gasteiger partial charge is 0.412 e. The maximum absolute atomic E-state index is 11.7. The maximum atomic E-state index is 11.7. The van der Waals surface area contributed by atoms with Crippen molar-refractivity contribution in [1.29, 1.82) is 0 Å². The van der Waals surface area contributed by atoms with Gasteiger partial charge >= 0.3 is 6.09 Å². The summed E-state index contributed by atoms with van der Waals surface area (Å²) in [5, 5.41) is 12.9. The van der Waals surface area contributed by atoms with Crippen LogP contribution in [-0.4, -0.2) is 16.8 Å². The summed E-state index contributed by atoms with van der Waals surface area (Å²) in [5.41, 5.74) is 2.25. The highest BCUT2D eigenvalue weighted by Gasteiger charge is 2.19. The fourth-order valence-corrected chi connectivity index (χ4v) is 2.44. The van der Waals surface area contributed by atoms with Gasteiger partial charge in [-0.15, -0.1) is 0 Å². The lowest BCUT2D eigenvalue weighted by Crippen LogP contribution is -2.27. The van der Waals surface area contributed by atoms with Crippen molar-refractivity contribution in [2.45, 2.75) is 58.2 Å². The van der Waals surface area contributed by atoms with Crippen LogP contribution in [0.2, 0.25) is 0 Å². The van der Waals surface area contributed by atoms with Crippen LogP contribution in [0.3, 0.4) is 0 Å². The zero-order valence-corrected chi connectivity index (χ0v) is 12.4. The maximum Gasteiger partial charge on any atom is 0.412 e. The predicted octanol–water partition coefficient (Wildman–Crippen LogP) is 3.79. The van der Waals surface area contributed by atoms with Gasteiger partial charge in [-0.05, 0) is 63.3 Å². The molecule has 0 saturated carbocycles. The van der Waals surface area contributed by atoms with Gasteiger partial charge < -0.3 is 9.84 Å². The minimum absolute atomic E-state index is 0.437. The molecule has 4 nitrogen and oxygen atoms in total.